The zero-order valence-electron chi connectivity index (χ0n) is 7.20. The van der Waals surface area contributed by atoms with Gasteiger partial charge in [-0.15, -0.1) is 0 Å². The first-order valence-electron chi connectivity index (χ1n) is 4.08. The number of urea groups is 1. The number of carbonyl (C=O) groups is 2. The molecule has 3 N–H and O–H groups in total. The fraction of sp³-hybridized carbons (Fsp3) is 0.111. The van der Waals surface area contributed by atoms with Gasteiger partial charge in [0.15, 0.2) is 0 Å². The normalized spacial score (nSPS) is 13.9. The van der Waals surface area contributed by atoms with Gasteiger partial charge in [-0.3, -0.25) is 0 Å². The number of aromatic carboxylic acids is 1. The predicted molar refractivity (Wildman–Crippen MR) is 49.3 cm³/mol. The lowest BCUT2D eigenvalue weighted by atomic mass is 10.1. The summed E-state index contributed by atoms with van der Waals surface area (Å²) in [5.74, 6) is -0.999. The van der Waals surface area contributed by atoms with E-state index in [1.54, 1.807) is 6.07 Å². The van der Waals surface area contributed by atoms with Gasteiger partial charge in [-0.2, -0.15) is 0 Å². The van der Waals surface area contributed by atoms with Crippen LogP contribution in [-0.2, 0) is 6.54 Å². The summed E-state index contributed by atoms with van der Waals surface area (Å²) in [7, 11) is 0. The van der Waals surface area contributed by atoms with Gasteiger partial charge >= 0.3 is 12.0 Å². The number of hydrogen-bond donors (Lipinski definition) is 3. The third-order valence-corrected chi connectivity index (χ3v) is 2.04. The fourth-order valence-electron chi connectivity index (χ4n) is 1.32. The molecule has 1 aromatic carbocycles. The van der Waals surface area contributed by atoms with Gasteiger partial charge < -0.3 is 15.7 Å². The van der Waals surface area contributed by atoms with Crippen molar-refractivity contribution in [2.75, 3.05) is 5.32 Å². The number of fused-ring (bicyclic) bond motifs is 1. The van der Waals surface area contributed by atoms with Crippen molar-refractivity contribution in [3.8, 4) is 0 Å². The molecule has 14 heavy (non-hydrogen) atoms. The van der Waals surface area contributed by atoms with E-state index in [0.29, 0.717) is 12.2 Å². The van der Waals surface area contributed by atoms with Crippen LogP contribution in [0, 0.1) is 0 Å². The van der Waals surface area contributed by atoms with Gasteiger partial charge in [0.2, 0.25) is 0 Å². The standard InChI is InChI=1S/C9H8N2O3/c12-8(13)5-1-2-6-4-10-9(14)11-7(6)3-5/h1-3H,4H2,(H,12,13)(H2,10,11,14). The number of carbonyl (C=O) groups excluding carboxylic acids is 1. The third-order valence-electron chi connectivity index (χ3n) is 2.04. The van der Waals surface area contributed by atoms with Crippen molar-refractivity contribution in [3.05, 3.63) is 29.3 Å². The van der Waals surface area contributed by atoms with Crippen molar-refractivity contribution in [2.45, 2.75) is 6.54 Å². The molecule has 0 spiro atoms. The molecule has 0 aromatic heterocycles. The topological polar surface area (TPSA) is 78.4 Å². The molecule has 2 amide bonds. The van der Waals surface area contributed by atoms with Crippen LogP contribution in [0.15, 0.2) is 18.2 Å². The Bertz CT molecular complexity index is 415. The van der Waals surface area contributed by atoms with Crippen LogP contribution in [0.3, 0.4) is 0 Å². The highest BCUT2D eigenvalue weighted by Crippen LogP contribution is 2.20. The van der Waals surface area contributed by atoms with Crippen molar-refractivity contribution < 1.29 is 14.7 Å². The van der Waals surface area contributed by atoms with Gasteiger partial charge in [0.05, 0.1) is 5.56 Å². The van der Waals surface area contributed by atoms with Crippen LogP contribution in [0.5, 0.6) is 0 Å². The molecule has 0 saturated heterocycles. The molecular formula is C9H8N2O3. The average molecular weight is 192 g/mol. The summed E-state index contributed by atoms with van der Waals surface area (Å²) in [6.07, 6.45) is 0. The maximum Gasteiger partial charge on any atom is 0.335 e. The lowest BCUT2D eigenvalue weighted by molar-refractivity contribution is 0.0697. The Hall–Kier alpha value is -2.04. The number of carboxylic acids is 1. The van der Waals surface area contributed by atoms with Crippen LogP contribution in [0.1, 0.15) is 15.9 Å². The van der Waals surface area contributed by atoms with E-state index in [2.05, 4.69) is 10.6 Å². The van der Waals surface area contributed by atoms with E-state index in [1.807, 2.05) is 0 Å². The molecule has 2 rings (SSSR count). The summed E-state index contributed by atoms with van der Waals surface area (Å²) in [6.45, 7) is 0.432. The minimum Gasteiger partial charge on any atom is -0.478 e. The van der Waals surface area contributed by atoms with E-state index >= 15 is 0 Å². The number of rotatable bonds is 1. The Morgan fingerprint density at radius 2 is 2.21 bits per heavy atom. The summed E-state index contributed by atoms with van der Waals surface area (Å²) in [5, 5.41) is 13.9. The van der Waals surface area contributed by atoms with E-state index in [9.17, 15) is 9.59 Å². The first-order valence-corrected chi connectivity index (χ1v) is 4.08. The van der Waals surface area contributed by atoms with Crippen molar-refractivity contribution >= 4 is 17.7 Å². The van der Waals surface area contributed by atoms with Gasteiger partial charge in [0.1, 0.15) is 0 Å². The maximum absolute atomic E-state index is 10.9. The molecule has 5 nitrogen and oxygen atoms in total. The summed E-state index contributed by atoms with van der Waals surface area (Å²) in [5.41, 5.74) is 1.62. The first kappa shape index (κ1) is 8.55. The number of nitrogens with one attached hydrogen (secondary N) is 2. The number of benzene rings is 1. The molecule has 5 heteroatoms. The highest BCUT2D eigenvalue weighted by molar-refractivity contribution is 5.95. The zero-order chi connectivity index (χ0) is 10.1. The average Bonchev–Trinajstić information content (AvgIpc) is 2.16. The third kappa shape index (κ3) is 1.39. The molecule has 0 unspecified atom stereocenters. The Labute approximate surface area is 79.7 Å². The van der Waals surface area contributed by atoms with Gasteiger partial charge in [0.25, 0.3) is 0 Å². The Morgan fingerprint density at radius 1 is 1.43 bits per heavy atom. The smallest absolute Gasteiger partial charge is 0.335 e. The van der Waals surface area contributed by atoms with Gasteiger partial charge in [0, 0.05) is 12.2 Å². The van der Waals surface area contributed by atoms with E-state index in [-0.39, 0.29) is 11.6 Å². The minimum absolute atomic E-state index is 0.172. The lowest BCUT2D eigenvalue weighted by Gasteiger charge is -2.18. The van der Waals surface area contributed by atoms with Crippen LogP contribution in [0.2, 0.25) is 0 Å². The van der Waals surface area contributed by atoms with E-state index in [1.165, 1.54) is 12.1 Å². The second-order valence-corrected chi connectivity index (χ2v) is 2.98. The quantitative estimate of drug-likeness (QED) is 0.621. The zero-order valence-corrected chi connectivity index (χ0v) is 7.20. The monoisotopic (exact) mass is 192 g/mol. The van der Waals surface area contributed by atoms with E-state index in [4.69, 9.17) is 5.11 Å². The second kappa shape index (κ2) is 3.02. The maximum atomic E-state index is 10.9. The first-order chi connectivity index (χ1) is 6.66. The number of amides is 2. The molecule has 0 aliphatic carbocycles. The molecule has 0 fully saturated rings. The molecular weight excluding hydrogens is 184 g/mol. The predicted octanol–water partition coefficient (Wildman–Crippen LogP) is 1.02. The second-order valence-electron chi connectivity index (χ2n) is 2.98. The van der Waals surface area contributed by atoms with Crippen LogP contribution in [-0.4, -0.2) is 17.1 Å². The molecule has 1 heterocycles. The van der Waals surface area contributed by atoms with Crippen molar-refractivity contribution in [1.82, 2.24) is 5.32 Å². The van der Waals surface area contributed by atoms with E-state index in [0.717, 1.165) is 5.56 Å². The minimum atomic E-state index is -0.999. The Kier molecular flexibility index (Phi) is 1.85. The van der Waals surface area contributed by atoms with Crippen LogP contribution >= 0.6 is 0 Å². The molecule has 0 bridgehead atoms. The molecule has 1 aliphatic rings. The highest BCUT2D eigenvalue weighted by atomic mass is 16.4. The SMILES string of the molecule is O=C1NCc2ccc(C(=O)O)cc2N1. The number of hydrogen-bond acceptors (Lipinski definition) is 2. The number of anilines is 1. The molecule has 1 aliphatic heterocycles. The Morgan fingerprint density at radius 3 is 2.93 bits per heavy atom. The summed E-state index contributed by atoms with van der Waals surface area (Å²) in [6, 6.07) is 4.35. The molecule has 0 saturated carbocycles. The number of carboxylic acid groups (broad SMARTS) is 1. The van der Waals surface area contributed by atoms with Crippen LogP contribution < -0.4 is 10.6 Å². The van der Waals surface area contributed by atoms with Crippen molar-refractivity contribution in [2.24, 2.45) is 0 Å². The summed E-state index contributed by atoms with van der Waals surface area (Å²) >= 11 is 0. The Balaban J connectivity index is 2.42. The summed E-state index contributed by atoms with van der Waals surface area (Å²) in [4.78, 5) is 21.6. The summed E-state index contributed by atoms with van der Waals surface area (Å²) < 4.78 is 0. The highest BCUT2D eigenvalue weighted by Gasteiger charge is 2.15. The molecule has 72 valence electrons. The largest absolute Gasteiger partial charge is 0.478 e. The van der Waals surface area contributed by atoms with Gasteiger partial charge in [-0.1, -0.05) is 6.07 Å². The molecule has 0 atom stereocenters. The van der Waals surface area contributed by atoms with E-state index < -0.39 is 5.97 Å². The lowest BCUT2D eigenvalue weighted by Crippen LogP contribution is -2.33. The molecule has 0 radical (unpaired) electrons. The van der Waals surface area contributed by atoms with Gasteiger partial charge in [-0.25, -0.2) is 9.59 Å². The van der Waals surface area contributed by atoms with Crippen molar-refractivity contribution in [3.63, 3.8) is 0 Å². The van der Waals surface area contributed by atoms with Crippen LogP contribution in [0.25, 0.3) is 0 Å². The molecule has 1 aromatic rings. The van der Waals surface area contributed by atoms with Gasteiger partial charge in [-0.05, 0) is 17.7 Å². The fourth-order valence-corrected chi connectivity index (χ4v) is 1.32. The van der Waals surface area contributed by atoms with Crippen LogP contribution in [0.4, 0.5) is 10.5 Å². The van der Waals surface area contributed by atoms with Crippen molar-refractivity contribution in [1.29, 1.82) is 0 Å².